The van der Waals surface area contributed by atoms with Crippen molar-refractivity contribution in [3.63, 3.8) is 0 Å². The summed E-state index contributed by atoms with van der Waals surface area (Å²) in [5.41, 5.74) is 5.18. The lowest BCUT2D eigenvalue weighted by Gasteiger charge is -2.02. The number of nitrogens with two attached hydrogens (primary N) is 1. The second-order valence-electron chi connectivity index (χ2n) is 3.10. The van der Waals surface area contributed by atoms with E-state index in [1.807, 2.05) is 6.07 Å². The van der Waals surface area contributed by atoms with Crippen molar-refractivity contribution in [2.24, 2.45) is 5.73 Å². The highest BCUT2D eigenvalue weighted by Gasteiger charge is 2.03. The predicted octanol–water partition coefficient (Wildman–Crippen LogP) is 0.781. The van der Waals surface area contributed by atoms with E-state index < -0.39 is 5.91 Å². The third kappa shape index (κ3) is 2.35. The zero-order chi connectivity index (χ0) is 11.4. The van der Waals surface area contributed by atoms with Gasteiger partial charge in [-0.3, -0.25) is 4.79 Å². The van der Waals surface area contributed by atoms with E-state index in [-0.39, 0.29) is 5.69 Å². The van der Waals surface area contributed by atoms with Gasteiger partial charge in [-0.25, -0.2) is 0 Å². The maximum atomic E-state index is 10.7. The first-order valence-electron chi connectivity index (χ1n) is 4.65. The summed E-state index contributed by atoms with van der Waals surface area (Å²) in [5.74, 6) is 0.757. The number of hydrogen-bond donors (Lipinski definition) is 2. The lowest BCUT2D eigenvalue weighted by atomic mass is 10.3. The Morgan fingerprint density at radius 1 is 1.38 bits per heavy atom. The Morgan fingerprint density at radius 2 is 2.25 bits per heavy atom. The Balaban J connectivity index is 1.98. The fourth-order valence-corrected chi connectivity index (χ4v) is 1.15. The molecule has 0 saturated heterocycles. The number of carbonyl (C=O) groups excluding carboxylic acids is 1. The number of rotatable bonds is 4. The van der Waals surface area contributed by atoms with Crippen LogP contribution < -0.4 is 11.1 Å². The highest BCUT2D eigenvalue weighted by molar-refractivity contribution is 5.90. The minimum atomic E-state index is -0.593. The molecule has 1 amide bonds. The first kappa shape index (κ1) is 10.2. The molecular formula is C10H10N4O2. The maximum absolute atomic E-state index is 10.7. The first-order valence-corrected chi connectivity index (χ1v) is 4.65. The van der Waals surface area contributed by atoms with Gasteiger partial charge in [0.25, 0.3) is 5.91 Å². The fraction of sp³-hybridized carbons (Fsp3) is 0.100. The van der Waals surface area contributed by atoms with Crippen LogP contribution in [0.15, 0.2) is 34.9 Å². The number of aromatic nitrogens is 2. The van der Waals surface area contributed by atoms with Crippen molar-refractivity contribution in [2.45, 2.75) is 6.54 Å². The topological polar surface area (TPSA) is 94.0 Å². The highest BCUT2D eigenvalue weighted by atomic mass is 16.3. The molecule has 0 spiro atoms. The van der Waals surface area contributed by atoms with Crippen molar-refractivity contribution in [3.8, 4) is 0 Å². The molecule has 0 aromatic carbocycles. The molecule has 0 saturated carbocycles. The number of furan rings is 1. The van der Waals surface area contributed by atoms with E-state index in [1.54, 1.807) is 18.4 Å². The maximum Gasteiger partial charge on any atom is 0.269 e. The summed E-state index contributed by atoms with van der Waals surface area (Å²) in [6.45, 7) is 0.512. The summed E-state index contributed by atoms with van der Waals surface area (Å²) < 4.78 is 5.13. The molecule has 2 rings (SSSR count). The van der Waals surface area contributed by atoms with E-state index in [1.165, 1.54) is 6.07 Å². The standard InChI is InChI=1S/C10H10N4O2/c11-10(15)8-3-4-9(14-13-8)12-6-7-2-1-5-16-7/h1-5H,6H2,(H2,11,15)(H,12,14). The van der Waals surface area contributed by atoms with Crippen LogP contribution in [0, 0.1) is 0 Å². The fourth-order valence-electron chi connectivity index (χ4n) is 1.15. The van der Waals surface area contributed by atoms with Gasteiger partial charge in [-0.1, -0.05) is 0 Å². The van der Waals surface area contributed by atoms with E-state index in [0.717, 1.165) is 5.76 Å². The van der Waals surface area contributed by atoms with Gasteiger partial charge in [0.1, 0.15) is 11.6 Å². The molecule has 0 radical (unpaired) electrons. The molecule has 2 aromatic heterocycles. The van der Waals surface area contributed by atoms with Crippen molar-refractivity contribution < 1.29 is 9.21 Å². The van der Waals surface area contributed by atoms with Gasteiger partial charge in [0.05, 0.1) is 12.8 Å². The van der Waals surface area contributed by atoms with Crippen molar-refractivity contribution in [1.29, 1.82) is 0 Å². The lowest BCUT2D eigenvalue weighted by Crippen LogP contribution is -2.14. The van der Waals surface area contributed by atoms with Crippen LogP contribution in [0.5, 0.6) is 0 Å². The van der Waals surface area contributed by atoms with Gasteiger partial charge < -0.3 is 15.5 Å². The average Bonchev–Trinajstić information content (AvgIpc) is 2.80. The van der Waals surface area contributed by atoms with E-state index in [9.17, 15) is 4.79 Å². The number of nitrogens with one attached hydrogen (secondary N) is 1. The van der Waals surface area contributed by atoms with E-state index in [4.69, 9.17) is 10.2 Å². The van der Waals surface area contributed by atoms with Crippen LogP contribution in [-0.2, 0) is 6.54 Å². The second-order valence-corrected chi connectivity index (χ2v) is 3.10. The Hall–Kier alpha value is -2.37. The Bertz CT molecular complexity index is 464. The molecule has 2 aromatic rings. The molecule has 82 valence electrons. The number of hydrogen-bond acceptors (Lipinski definition) is 5. The summed E-state index contributed by atoms with van der Waals surface area (Å²) >= 11 is 0. The number of anilines is 1. The molecule has 0 fully saturated rings. The number of carbonyl (C=O) groups is 1. The zero-order valence-corrected chi connectivity index (χ0v) is 8.38. The van der Waals surface area contributed by atoms with Crippen LogP contribution >= 0.6 is 0 Å². The molecule has 0 aliphatic rings. The molecule has 0 atom stereocenters. The van der Waals surface area contributed by atoms with Crippen molar-refractivity contribution in [1.82, 2.24) is 10.2 Å². The van der Waals surface area contributed by atoms with Gasteiger partial charge in [0.2, 0.25) is 0 Å². The molecule has 3 N–H and O–H groups in total. The third-order valence-corrected chi connectivity index (χ3v) is 1.94. The number of nitrogens with zero attached hydrogens (tertiary/aromatic N) is 2. The monoisotopic (exact) mass is 218 g/mol. The summed E-state index contributed by atoms with van der Waals surface area (Å²) in [4.78, 5) is 10.7. The predicted molar refractivity (Wildman–Crippen MR) is 56.6 cm³/mol. The number of primary amides is 1. The van der Waals surface area contributed by atoms with Crippen LogP contribution in [0.1, 0.15) is 16.2 Å². The molecule has 2 heterocycles. The summed E-state index contributed by atoms with van der Waals surface area (Å²) in [7, 11) is 0. The van der Waals surface area contributed by atoms with Gasteiger partial charge >= 0.3 is 0 Å². The normalized spacial score (nSPS) is 10.0. The molecular weight excluding hydrogens is 208 g/mol. The largest absolute Gasteiger partial charge is 0.467 e. The molecule has 0 aliphatic heterocycles. The summed E-state index contributed by atoms with van der Waals surface area (Å²) in [6.07, 6.45) is 1.60. The zero-order valence-electron chi connectivity index (χ0n) is 8.38. The van der Waals surface area contributed by atoms with Crippen LogP contribution in [0.2, 0.25) is 0 Å². The first-order chi connectivity index (χ1) is 7.75. The third-order valence-electron chi connectivity index (χ3n) is 1.94. The molecule has 6 nitrogen and oxygen atoms in total. The van der Waals surface area contributed by atoms with Gasteiger partial charge in [0.15, 0.2) is 5.69 Å². The smallest absolute Gasteiger partial charge is 0.269 e. The van der Waals surface area contributed by atoms with Gasteiger partial charge in [-0.05, 0) is 24.3 Å². The van der Waals surface area contributed by atoms with Crippen LogP contribution in [0.4, 0.5) is 5.82 Å². The molecule has 0 unspecified atom stereocenters. The van der Waals surface area contributed by atoms with Gasteiger partial charge in [-0.15, -0.1) is 10.2 Å². The van der Waals surface area contributed by atoms with E-state index in [2.05, 4.69) is 15.5 Å². The van der Waals surface area contributed by atoms with Crippen molar-refractivity contribution in [2.75, 3.05) is 5.32 Å². The number of amides is 1. The second kappa shape index (κ2) is 4.43. The SMILES string of the molecule is NC(=O)c1ccc(NCc2ccco2)nn1. The Morgan fingerprint density at radius 3 is 2.81 bits per heavy atom. The minimum absolute atomic E-state index is 0.142. The molecule has 0 bridgehead atoms. The molecule has 16 heavy (non-hydrogen) atoms. The molecule has 6 heteroatoms. The summed E-state index contributed by atoms with van der Waals surface area (Å²) in [5, 5.41) is 10.4. The minimum Gasteiger partial charge on any atom is -0.467 e. The van der Waals surface area contributed by atoms with Crippen LogP contribution in [-0.4, -0.2) is 16.1 Å². The summed E-state index contributed by atoms with van der Waals surface area (Å²) in [6, 6.07) is 6.80. The van der Waals surface area contributed by atoms with E-state index >= 15 is 0 Å². The van der Waals surface area contributed by atoms with Gasteiger partial charge in [-0.2, -0.15) is 0 Å². The van der Waals surface area contributed by atoms with Crippen molar-refractivity contribution >= 4 is 11.7 Å². The quantitative estimate of drug-likeness (QED) is 0.790. The highest BCUT2D eigenvalue weighted by Crippen LogP contribution is 2.05. The van der Waals surface area contributed by atoms with Crippen LogP contribution in [0.3, 0.4) is 0 Å². The Kier molecular flexibility index (Phi) is 2.81. The lowest BCUT2D eigenvalue weighted by molar-refractivity contribution is 0.0994. The van der Waals surface area contributed by atoms with E-state index in [0.29, 0.717) is 12.4 Å². The van der Waals surface area contributed by atoms with Crippen LogP contribution in [0.25, 0.3) is 0 Å². The Labute approximate surface area is 91.5 Å². The van der Waals surface area contributed by atoms with Gasteiger partial charge in [0, 0.05) is 0 Å². The average molecular weight is 218 g/mol. The van der Waals surface area contributed by atoms with Crippen molar-refractivity contribution in [3.05, 3.63) is 42.0 Å². The molecule has 0 aliphatic carbocycles.